The van der Waals surface area contributed by atoms with Crippen LogP contribution in [0.5, 0.6) is 5.75 Å². The summed E-state index contributed by atoms with van der Waals surface area (Å²) in [6.07, 6.45) is 2.10. The number of benzene rings is 2. The largest absolute Gasteiger partial charge is 0.495 e. The number of aromatic nitrogens is 5. The summed E-state index contributed by atoms with van der Waals surface area (Å²) in [5.74, 6) is 1.53. The molecule has 6 rings (SSSR count). The van der Waals surface area contributed by atoms with E-state index in [0.717, 1.165) is 79.1 Å². The number of pyridine rings is 1. The molecule has 2 atom stereocenters. The number of hydrogen-bond acceptors (Lipinski definition) is 8. The standard InChI is InChI=1S/C29H35N7O3/c1-19-15-20(2)22-17-23(29(37)30-24(22)16-19)27(28-31-32-33-36(28)18-21-7-6-14-39-21)35-12-10-34(11-13-35)25-8-4-5-9-26(25)38-3/h4-5,8-9,15-17,21,27H,6-7,10-14,18H2,1-3H3,(H,30,37)/t21-,27-/m0/s1. The van der Waals surface area contributed by atoms with Crippen LogP contribution in [-0.4, -0.2) is 76.1 Å². The average molecular weight is 530 g/mol. The van der Waals surface area contributed by atoms with Gasteiger partial charge in [-0.15, -0.1) is 5.10 Å². The van der Waals surface area contributed by atoms with Crippen molar-refractivity contribution in [2.24, 2.45) is 0 Å². The molecule has 4 heterocycles. The minimum absolute atomic E-state index is 0.0791. The average Bonchev–Trinajstić information content (AvgIpc) is 3.62. The Morgan fingerprint density at radius 3 is 2.72 bits per heavy atom. The molecule has 0 unspecified atom stereocenters. The van der Waals surface area contributed by atoms with E-state index >= 15 is 0 Å². The first-order valence-corrected chi connectivity index (χ1v) is 13.7. The van der Waals surface area contributed by atoms with Gasteiger partial charge in [0.1, 0.15) is 11.8 Å². The molecule has 10 heteroatoms. The molecular formula is C29H35N7O3. The first-order valence-electron chi connectivity index (χ1n) is 13.7. The second-order valence-electron chi connectivity index (χ2n) is 10.5. The maximum atomic E-state index is 13.6. The Hall–Kier alpha value is -3.76. The summed E-state index contributed by atoms with van der Waals surface area (Å²) in [7, 11) is 1.70. The lowest BCUT2D eigenvalue weighted by molar-refractivity contribution is 0.0906. The molecular weight excluding hydrogens is 494 g/mol. The lowest BCUT2D eigenvalue weighted by Crippen LogP contribution is -2.49. The van der Waals surface area contributed by atoms with Gasteiger partial charge in [-0.3, -0.25) is 9.69 Å². The number of piperazine rings is 1. The summed E-state index contributed by atoms with van der Waals surface area (Å²) >= 11 is 0. The fraction of sp³-hybridized carbons (Fsp3) is 0.448. The molecule has 2 saturated heterocycles. The highest BCUT2D eigenvalue weighted by atomic mass is 16.5. The van der Waals surface area contributed by atoms with Crippen molar-refractivity contribution in [1.82, 2.24) is 30.1 Å². The van der Waals surface area contributed by atoms with Crippen LogP contribution in [0.15, 0.2) is 47.3 Å². The molecule has 0 spiro atoms. The molecule has 2 aliphatic rings. The molecule has 39 heavy (non-hydrogen) atoms. The van der Waals surface area contributed by atoms with Crippen molar-refractivity contribution in [3.63, 3.8) is 0 Å². The molecule has 204 valence electrons. The Balaban J connectivity index is 1.38. The van der Waals surface area contributed by atoms with Crippen LogP contribution in [0, 0.1) is 13.8 Å². The lowest BCUT2D eigenvalue weighted by Gasteiger charge is -2.40. The zero-order chi connectivity index (χ0) is 26.9. The Kier molecular flexibility index (Phi) is 7.05. The van der Waals surface area contributed by atoms with E-state index in [-0.39, 0.29) is 11.7 Å². The smallest absolute Gasteiger partial charge is 0.253 e. The number of para-hydroxylation sites is 2. The molecule has 2 aliphatic heterocycles. The van der Waals surface area contributed by atoms with E-state index in [2.05, 4.69) is 49.4 Å². The monoisotopic (exact) mass is 529 g/mol. The fourth-order valence-corrected chi connectivity index (χ4v) is 6.02. The molecule has 0 saturated carbocycles. The van der Waals surface area contributed by atoms with E-state index in [1.807, 2.05) is 41.9 Å². The number of fused-ring (bicyclic) bond motifs is 1. The number of aromatic amines is 1. The Bertz CT molecular complexity index is 1520. The van der Waals surface area contributed by atoms with Gasteiger partial charge in [0.15, 0.2) is 5.82 Å². The van der Waals surface area contributed by atoms with E-state index in [0.29, 0.717) is 17.9 Å². The highest BCUT2D eigenvalue weighted by Crippen LogP contribution is 2.33. The SMILES string of the molecule is COc1ccccc1N1CCN([C@@H](c2cc3c(C)cc(C)cc3[nH]c2=O)c2nnnn2C[C@@H]2CCCO2)CC1. The van der Waals surface area contributed by atoms with Crippen LogP contribution in [0.3, 0.4) is 0 Å². The summed E-state index contributed by atoms with van der Waals surface area (Å²) < 4.78 is 13.3. The molecule has 2 aromatic carbocycles. The molecule has 1 N–H and O–H groups in total. The van der Waals surface area contributed by atoms with Gasteiger partial charge < -0.3 is 19.4 Å². The number of ether oxygens (including phenoxy) is 2. The summed E-state index contributed by atoms with van der Waals surface area (Å²) in [5.41, 5.74) is 4.71. The van der Waals surface area contributed by atoms with Gasteiger partial charge in [0.2, 0.25) is 0 Å². The minimum Gasteiger partial charge on any atom is -0.495 e. The van der Waals surface area contributed by atoms with Crippen molar-refractivity contribution in [3.05, 3.63) is 75.3 Å². The zero-order valence-corrected chi connectivity index (χ0v) is 22.8. The normalized spacial score (nSPS) is 19.1. The number of H-pyrrole nitrogens is 1. The quantitative estimate of drug-likeness (QED) is 0.390. The molecule has 0 aliphatic carbocycles. The second kappa shape index (κ2) is 10.8. The molecule has 0 bridgehead atoms. The van der Waals surface area contributed by atoms with Crippen LogP contribution < -0.4 is 15.2 Å². The number of anilines is 1. The van der Waals surface area contributed by atoms with Crippen molar-refractivity contribution in [2.45, 2.75) is 45.4 Å². The molecule has 4 aromatic rings. The number of tetrazole rings is 1. The van der Waals surface area contributed by atoms with Crippen LogP contribution in [0.1, 0.15) is 41.4 Å². The maximum absolute atomic E-state index is 13.6. The highest BCUT2D eigenvalue weighted by molar-refractivity contribution is 5.83. The van der Waals surface area contributed by atoms with Crippen LogP contribution in [0.25, 0.3) is 10.9 Å². The van der Waals surface area contributed by atoms with Gasteiger partial charge in [-0.25, -0.2) is 4.68 Å². The van der Waals surface area contributed by atoms with Crippen molar-refractivity contribution in [2.75, 3.05) is 44.8 Å². The minimum atomic E-state index is -0.393. The van der Waals surface area contributed by atoms with Crippen molar-refractivity contribution in [3.8, 4) is 5.75 Å². The van der Waals surface area contributed by atoms with E-state index < -0.39 is 6.04 Å². The molecule has 2 aromatic heterocycles. The molecule has 0 radical (unpaired) electrons. The lowest BCUT2D eigenvalue weighted by atomic mass is 9.99. The van der Waals surface area contributed by atoms with Crippen LogP contribution in [-0.2, 0) is 11.3 Å². The van der Waals surface area contributed by atoms with Gasteiger partial charge >= 0.3 is 0 Å². The third kappa shape index (κ3) is 5.02. The summed E-state index contributed by atoms with van der Waals surface area (Å²) in [5, 5.41) is 13.9. The number of methoxy groups -OCH3 is 1. The fourth-order valence-electron chi connectivity index (χ4n) is 6.02. The predicted molar refractivity (Wildman–Crippen MR) is 149 cm³/mol. The van der Waals surface area contributed by atoms with Gasteiger partial charge in [-0.05, 0) is 72.5 Å². The van der Waals surface area contributed by atoms with Gasteiger partial charge in [0.25, 0.3) is 5.56 Å². The van der Waals surface area contributed by atoms with Crippen molar-refractivity contribution in [1.29, 1.82) is 0 Å². The number of aryl methyl sites for hydroxylation is 2. The van der Waals surface area contributed by atoms with Crippen molar-refractivity contribution >= 4 is 16.6 Å². The molecule has 0 amide bonds. The Morgan fingerprint density at radius 2 is 1.95 bits per heavy atom. The second-order valence-corrected chi connectivity index (χ2v) is 10.5. The summed E-state index contributed by atoms with van der Waals surface area (Å²) in [4.78, 5) is 21.5. The topological polar surface area (TPSA) is 101 Å². The first-order chi connectivity index (χ1) is 19.0. The van der Waals surface area contributed by atoms with E-state index in [1.54, 1.807) is 7.11 Å². The van der Waals surface area contributed by atoms with Gasteiger partial charge in [0, 0.05) is 49.3 Å². The molecule has 2 fully saturated rings. The Morgan fingerprint density at radius 1 is 1.13 bits per heavy atom. The van der Waals surface area contributed by atoms with Gasteiger partial charge in [-0.2, -0.15) is 0 Å². The third-order valence-electron chi connectivity index (χ3n) is 7.95. The number of nitrogens with zero attached hydrogens (tertiary/aromatic N) is 6. The highest BCUT2D eigenvalue weighted by Gasteiger charge is 2.34. The maximum Gasteiger partial charge on any atom is 0.253 e. The Labute approximate surface area is 227 Å². The van der Waals surface area contributed by atoms with Crippen LogP contribution in [0.4, 0.5) is 5.69 Å². The van der Waals surface area contributed by atoms with Crippen LogP contribution in [0.2, 0.25) is 0 Å². The van der Waals surface area contributed by atoms with Gasteiger partial charge in [0.05, 0.1) is 25.4 Å². The van der Waals surface area contributed by atoms with E-state index in [9.17, 15) is 4.79 Å². The zero-order valence-electron chi connectivity index (χ0n) is 22.8. The number of rotatable bonds is 7. The van der Waals surface area contributed by atoms with E-state index in [1.165, 1.54) is 0 Å². The van der Waals surface area contributed by atoms with Gasteiger partial charge in [-0.1, -0.05) is 18.2 Å². The predicted octanol–water partition coefficient (Wildman–Crippen LogP) is 3.23. The van der Waals surface area contributed by atoms with Crippen LogP contribution >= 0.6 is 0 Å². The summed E-state index contributed by atoms with van der Waals surface area (Å²) in [6.45, 7) is 8.51. The third-order valence-corrected chi connectivity index (χ3v) is 7.95. The van der Waals surface area contributed by atoms with Crippen molar-refractivity contribution < 1.29 is 9.47 Å². The van der Waals surface area contributed by atoms with E-state index in [4.69, 9.17) is 9.47 Å². The summed E-state index contributed by atoms with van der Waals surface area (Å²) in [6, 6.07) is 13.9. The molecule has 10 nitrogen and oxygen atoms in total. The first kappa shape index (κ1) is 25.5. The number of hydrogen-bond donors (Lipinski definition) is 1. The number of nitrogens with one attached hydrogen (secondary N) is 1.